The largest absolute Gasteiger partial charge is 0.353 e. The molecule has 0 amide bonds. The van der Waals surface area contributed by atoms with Crippen LogP contribution in [-0.4, -0.2) is 15.6 Å². The lowest BCUT2D eigenvalue weighted by Crippen LogP contribution is -2.31. The lowest BCUT2D eigenvalue weighted by Gasteiger charge is -2.32. The van der Waals surface area contributed by atoms with Crippen molar-refractivity contribution >= 4 is 5.95 Å². The predicted molar refractivity (Wildman–Crippen MR) is 81.4 cm³/mol. The maximum atomic E-state index is 4.65. The molecule has 0 spiro atoms. The summed E-state index contributed by atoms with van der Waals surface area (Å²) in [5, 5.41) is 3.68. The van der Waals surface area contributed by atoms with Gasteiger partial charge in [-0.1, -0.05) is 27.7 Å². The van der Waals surface area contributed by atoms with E-state index in [9.17, 15) is 0 Å². The first-order chi connectivity index (χ1) is 8.95. The Bertz CT molecular complexity index is 408. The van der Waals surface area contributed by atoms with Crippen molar-refractivity contribution in [1.82, 2.24) is 9.55 Å². The molecule has 1 aromatic heterocycles. The molecule has 1 N–H and O–H groups in total. The molecule has 3 unspecified atom stereocenters. The zero-order valence-electron chi connectivity index (χ0n) is 13.1. The smallest absolute Gasteiger partial charge is 0.203 e. The van der Waals surface area contributed by atoms with Crippen LogP contribution < -0.4 is 5.32 Å². The second-order valence-corrected chi connectivity index (χ2v) is 6.86. The van der Waals surface area contributed by atoms with Crippen LogP contribution in [0.4, 0.5) is 5.95 Å². The minimum Gasteiger partial charge on any atom is -0.353 e. The monoisotopic (exact) mass is 263 g/mol. The molecule has 1 saturated carbocycles. The molecule has 0 aromatic carbocycles. The summed E-state index contributed by atoms with van der Waals surface area (Å²) in [6.07, 6.45) is 6.05. The van der Waals surface area contributed by atoms with Gasteiger partial charge in [-0.25, -0.2) is 4.98 Å². The molecule has 0 radical (unpaired) electrons. The predicted octanol–water partition coefficient (Wildman–Crippen LogP) is 4.08. The third-order valence-electron chi connectivity index (χ3n) is 4.39. The van der Waals surface area contributed by atoms with Gasteiger partial charge < -0.3 is 9.88 Å². The standard InChI is InChI=1S/C16H29N3/c1-11(2)9-19-10-14(5)17-16(19)18-15-7-6-12(3)13(4)8-15/h10-13,15H,6-9H2,1-5H3,(H,17,18). The molecule has 108 valence electrons. The van der Waals surface area contributed by atoms with E-state index in [1.165, 1.54) is 19.3 Å². The van der Waals surface area contributed by atoms with Crippen LogP contribution >= 0.6 is 0 Å². The fraction of sp³-hybridized carbons (Fsp3) is 0.812. The summed E-state index contributed by atoms with van der Waals surface area (Å²) >= 11 is 0. The summed E-state index contributed by atoms with van der Waals surface area (Å²) in [5.74, 6) is 3.41. The van der Waals surface area contributed by atoms with E-state index in [1.54, 1.807) is 0 Å². The topological polar surface area (TPSA) is 29.9 Å². The van der Waals surface area contributed by atoms with E-state index < -0.39 is 0 Å². The molecule has 0 bridgehead atoms. The van der Waals surface area contributed by atoms with Crippen molar-refractivity contribution in [2.75, 3.05) is 5.32 Å². The van der Waals surface area contributed by atoms with Gasteiger partial charge in [-0.15, -0.1) is 0 Å². The van der Waals surface area contributed by atoms with Gasteiger partial charge in [-0.2, -0.15) is 0 Å². The third-order valence-corrected chi connectivity index (χ3v) is 4.39. The Balaban J connectivity index is 2.02. The molecule has 0 aliphatic heterocycles. The van der Waals surface area contributed by atoms with E-state index in [0.29, 0.717) is 12.0 Å². The second kappa shape index (κ2) is 5.98. The number of hydrogen-bond acceptors (Lipinski definition) is 2. The summed E-state index contributed by atoms with van der Waals surface area (Å²) < 4.78 is 2.28. The molecule has 3 atom stereocenters. The summed E-state index contributed by atoms with van der Waals surface area (Å²) in [5.41, 5.74) is 1.11. The number of rotatable bonds is 4. The van der Waals surface area contributed by atoms with Crippen LogP contribution in [0.15, 0.2) is 6.20 Å². The van der Waals surface area contributed by atoms with Gasteiger partial charge >= 0.3 is 0 Å². The average Bonchev–Trinajstić information content (AvgIpc) is 2.63. The van der Waals surface area contributed by atoms with Gasteiger partial charge in [-0.3, -0.25) is 0 Å². The SMILES string of the molecule is Cc1cn(CC(C)C)c(NC2CCC(C)C(C)C2)n1. The molecule has 1 aliphatic carbocycles. The first-order valence-electron chi connectivity index (χ1n) is 7.76. The molecule has 0 saturated heterocycles. The summed E-state index contributed by atoms with van der Waals surface area (Å²) in [4.78, 5) is 4.65. The van der Waals surface area contributed by atoms with Crippen molar-refractivity contribution in [3.8, 4) is 0 Å². The maximum absolute atomic E-state index is 4.65. The zero-order valence-corrected chi connectivity index (χ0v) is 13.1. The fourth-order valence-corrected chi connectivity index (χ4v) is 3.06. The summed E-state index contributed by atoms with van der Waals surface area (Å²) in [6, 6.07) is 0.596. The molecule has 2 rings (SSSR count). The van der Waals surface area contributed by atoms with Crippen LogP contribution in [-0.2, 0) is 6.54 Å². The van der Waals surface area contributed by atoms with Crippen molar-refractivity contribution < 1.29 is 0 Å². The third kappa shape index (κ3) is 3.74. The van der Waals surface area contributed by atoms with Crippen LogP contribution in [0.25, 0.3) is 0 Å². The van der Waals surface area contributed by atoms with Gasteiger partial charge in [-0.05, 0) is 43.9 Å². The lowest BCUT2D eigenvalue weighted by molar-refractivity contribution is 0.260. The van der Waals surface area contributed by atoms with Gasteiger partial charge in [0, 0.05) is 18.8 Å². The van der Waals surface area contributed by atoms with E-state index in [2.05, 4.69) is 55.7 Å². The molecule has 1 aromatic rings. The minimum absolute atomic E-state index is 0.596. The first kappa shape index (κ1) is 14.4. The van der Waals surface area contributed by atoms with E-state index >= 15 is 0 Å². The second-order valence-electron chi connectivity index (χ2n) is 6.86. The highest BCUT2D eigenvalue weighted by atomic mass is 15.2. The van der Waals surface area contributed by atoms with Crippen molar-refractivity contribution in [3.05, 3.63) is 11.9 Å². The number of aryl methyl sites for hydroxylation is 1. The van der Waals surface area contributed by atoms with E-state index in [1.807, 2.05) is 0 Å². The van der Waals surface area contributed by atoms with Gasteiger partial charge in [0.2, 0.25) is 5.95 Å². The first-order valence-corrected chi connectivity index (χ1v) is 7.76. The number of anilines is 1. The number of nitrogens with one attached hydrogen (secondary N) is 1. The number of nitrogens with zero attached hydrogens (tertiary/aromatic N) is 2. The lowest BCUT2D eigenvalue weighted by atomic mass is 9.79. The number of aromatic nitrogens is 2. The summed E-state index contributed by atoms with van der Waals surface area (Å²) in [7, 11) is 0. The summed E-state index contributed by atoms with van der Waals surface area (Å²) in [6.45, 7) is 12.4. The molecule has 3 nitrogen and oxygen atoms in total. The quantitative estimate of drug-likeness (QED) is 0.887. The van der Waals surface area contributed by atoms with Crippen LogP contribution in [0.5, 0.6) is 0 Å². The van der Waals surface area contributed by atoms with E-state index in [-0.39, 0.29) is 0 Å². The van der Waals surface area contributed by atoms with Gasteiger partial charge in [0.25, 0.3) is 0 Å². The Morgan fingerprint density at radius 3 is 2.68 bits per heavy atom. The van der Waals surface area contributed by atoms with Crippen molar-refractivity contribution in [2.45, 2.75) is 66.5 Å². The van der Waals surface area contributed by atoms with Crippen LogP contribution in [0, 0.1) is 24.7 Å². The van der Waals surface area contributed by atoms with Crippen LogP contribution in [0.2, 0.25) is 0 Å². The molecule has 3 heteroatoms. The highest BCUT2D eigenvalue weighted by molar-refractivity contribution is 5.30. The normalized spacial score (nSPS) is 27.8. The highest BCUT2D eigenvalue weighted by Gasteiger charge is 2.25. The Kier molecular flexibility index (Phi) is 4.54. The zero-order chi connectivity index (χ0) is 14.0. The van der Waals surface area contributed by atoms with Gasteiger partial charge in [0.15, 0.2) is 0 Å². The fourth-order valence-electron chi connectivity index (χ4n) is 3.06. The number of hydrogen-bond donors (Lipinski definition) is 1. The Morgan fingerprint density at radius 2 is 2.05 bits per heavy atom. The molecule has 1 fully saturated rings. The van der Waals surface area contributed by atoms with Crippen molar-refractivity contribution in [3.63, 3.8) is 0 Å². The van der Waals surface area contributed by atoms with Crippen LogP contribution in [0.3, 0.4) is 0 Å². The number of imidazole rings is 1. The molecular weight excluding hydrogens is 234 g/mol. The van der Waals surface area contributed by atoms with Crippen molar-refractivity contribution in [2.24, 2.45) is 17.8 Å². The molecule has 1 aliphatic rings. The van der Waals surface area contributed by atoms with Crippen molar-refractivity contribution in [1.29, 1.82) is 0 Å². The Morgan fingerprint density at radius 1 is 1.32 bits per heavy atom. The van der Waals surface area contributed by atoms with E-state index in [4.69, 9.17) is 0 Å². The molecule has 19 heavy (non-hydrogen) atoms. The Hall–Kier alpha value is -0.990. The van der Waals surface area contributed by atoms with Gasteiger partial charge in [0.1, 0.15) is 0 Å². The highest BCUT2D eigenvalue weighted by Crippen LogP contribution is 2.31. The Labute approximate surface area is 117 Å². The maximum Gasteiger partial charge on any atom is 0.203 e. The minimum atomic E-state index is 0.596. The average molecular weight is 263 g/mol. The molecule has 1 heterocycles. The van der Waals surface area contributed by atoms with E-state index in [0.717, 1.165) is 30.0 Å². The van der Waals surface area contributed by atoms with Gasteiger partial charge in [0.05, 0.1) is 5.69 Å². The molecular formula is C16H29N3. The van der Waals surface area contributed by atoms with Crippen LogP contribution in [0.1, 0.15) is 52.7 Å².